The highest BCUT2D eigenvalue weighted by atomic mass is 15.1. The van der Waals surface area contributed by atoms with E-state index in [0.29, 0.717) is 0 Å². The molecule has 0 amide bonds. The van der Waals surface area contributed by atoms with Crippen molar-refractivity contribution in [1.29, 1.82) is 0 Å². The molecule has 0 atom stereocenters. The normalized spacial score (nSPS) is 13.4. The molecule has 0 unspecified atom stereocenters. The Morgan fingerprint density at radius 2 is 0.620 bits per heavy atom. The van der Waals surface area contributed by atoms with Gasteiger partial charge in [-0.2, -0.15) is 0 Å². The molecule has 0 radical (unpaired) electrons. The van der Waals surface area contributed by atoms with Crippen LogP contribution in [0, 0.1) is 0 Å². The topological polar surface area (TPSA) is 3.24 Å². The fourth-order valence-electron chi connectivity index (χ4n) is 12.0. The van der Waals surface area contributed by atoms with Crippen molar-refractivity contribution >= 4 is 17.1 Å². The molecular formula is C70H51N. The lowest BCUT2D eigenvalue weighted by molar-refractivity contribution is 0.656. The summed E-state index contributed by atoms with van der Waals surface area (Å²) >= 11 is 0. The maximum Gasteiger partial charge on any atom is 0.0714 e. The Labute approximate surface area is 417 Å². The molecule has 0 bridgehead atoms. The van der Waals surface area contributed by atoms with Crippen LogP contribution in [-0.4, -0.2) is 0 Å². The minimum atomic E-state index is -0.648. The summed E-state index contributed by atoms with van der Waals surface area (Å²) in [6.45, 7) is 4.83. The van der Waals surface area contributed by atoms with Gasteiger partial charge in [0.2, 0.25) is 0 Å². The van der Waals surface area contributed by atoms with Crippen molar-refractivity contribution in [3.63, 3.8) is 0 Å². The van der Waals surface area contributed by atoms with Gasteiger partial charge in [0.25, 0.3) is 0 Å². The summed E-state index contributed by atoms with van der Waals surface area (Å²) < 4.78 is 0. The summed E-state index contributed by atoms with van der Waals surface area (Å²) in [5, 5.41) is 0. The molecule has 71 heavy (non-hydrogen) atoms. The van der Waals surface area contributed by atoms with Crippen LogP contribution in [0.1, 0.15) is 47.2 Å². The first-order valence-corrected chi connectivity index (χ1v) is 24.8. The molecule has 2 aliphatic rings. The third-order valence-corrected chi connectivity index (χ3v) is 15.4. The molecule has 0 aromatic heterocycles. The fourth-order valence-corrected chi connectivity index (χ4v) is 12.0. The molecule has 0 fully saturated rings. The summed E-state index contributed by atoms with van der Waals surface area (Å²) in [6.07, 6.45) is 0. The largest absolute Gasteiger partial charge is 0.310 e. The molecule has 2 aliphatic carbocycles. The van der Waals surface area contributed by atoms with Gasteiger partial charge in [0.1, 0.15) is 0 Å². The van der Waals surface area contributed by atoms with Crippen LogP contribution in [0.2, 0.25) is 0 Å². The fraction of sp³-hybridized carbons (Fsp3) is 0.0571. The van der Waals surface area contributed by atoms with E-state index in [-0.39, 0.29) is 5.41 Å². The second kappa shape index (κ2) is 17.0. The molecule has 0 N–H and O–H groups in total. The first kappa shape index (κ1) is 42.3. The standard InChI is InChI=1S/C70H51N/c1-69(2)62-31-19-18-30-60(62)67-64(69)47-65-68(66(67)54-24-12-5-13-25-54)61-45-44-59(46-63(61)70(65,55-26-14-6-15-27-55)56-28-16-7-17-29-56)71(57-40-36-52(37-41-57)49-22-10-4-11-23-49)58-42-38-53(39-43-58)51-34-32-50(33-35-51)48-20-8-3-9-21-48/h3-47H,1-2H3. The van der Waals surface area contributed by atoms with Crippen molar-refractivity contribution < 1.29 is 0 Å². The van der Waals surface area contributed by atoms with Gasteiger partial charge in [0.15, 0.2) is 0 Å². The summed E-state index contributed by atoms with van der Waals surface area (Å²) in [5.41, 5.74) is 25.2. The highest BCUT2D eigenvalue weighted by Gasteiger charge is 2.50. The summed E-state index contributed by atoms with van der Waals surface area (Å²) in [5.74, 6) is 0. The maximum absolute atomic E-state index is 2.60. The van der Waals surface area contributed by atoms with Crippen LogP contribution in [0.3, 0.4) is 0 Å². The van der Waals surface area contributed by atoms with Gasteiger partial charge in [-0.25, -0.2) is 0 Å². The van der Waals surface area contributed by atoms with Crippen LogP contribution in [0.15, 0.2) is 273 Å². The van der Waals surface area contributed by atoms with E-state index in [9.17, 15) is 0 Å². The number of rotatable bonds is 9. The molecule has 13 rings (SSSR count). The highest BCUT2D eigenvalue weighted by molar-refractivity contribution is 6.06. The van der Waals surface area contributed by atoms with Crippen molar-refractivity contribution in [2.75, 3.05) is 4.90 Å². The van der Waals surface area contributed by atoms with Crippen LogP contribution in [0.25, 0.3) is 66.8 Å². The van der Waals surface area contributed by atoms with Crippen LogP contribution in [-0.2, 0) is 10.8 Å². The third-order valence-electron chi connectivity index (χ3n) is 15.4. The first-order chi connectivity index (χ1) is 35.0. The molecule has 1 nitrogen and oxygen atoms in total. The van der Waals surface area contributed by atoms with E-state index in [4.69, 9.17) is 0 Å². The molecule has 0 spiro atoms. The SMILES string of the molecule is CC1(C)c2ccccc2-c2c1cc1c(c2-c2ccccc2)-c2ccc(N(c3ccc(-c4ccccc4)cc3)c3ccc(-c4ccc(-c5ccccc5)cc4)cc3)cc2C1(c1ccccc1)c1ccccc1. The predicted octanol–water partition coefficient (Wildman–Crippen LogP) is 18.5. The minimum absolute atomic E-state index is 0.220. The second-order valence-electron chi connectivity index (χ2n) is 19.6. The number of nitrogens with zero attached hydrogens (tertiary/aromatic N) is 1. The summed E-state index contributed by atoms with van der Waals surface area (Å²) in [7, 11) is 0. The number of benzene rings is 11. The lowest BCUT2D eigenvalue weighted by Crippen LogP contribution is -2.29. The molecule has 11 aromatic rings. The van der Waals surface area contributed by atoms with Crippen LogP contribution < -0.4 is 4.90 Å². The Morgan fingerprint density at radius 1 is 0.254 bits per heavy atom. The minimum Gasteiger partial charge on any atom is -0.310 e. The molecule has 1 heteroatoms. The predicted molar refractivity (Wildman–Crippen MR) is 298 cm³/mol. The van der Waals surface area contributed by atoms with Crippen molar-refractivity contribution in [2.45, 2.75) is 24.7 Å². The quantitative estimate of drug-likeness (QED) is 0.139. The molecule has 0 heterocycles. The summed E-state index contributed by atoms with van der Waals surface area (Å²) in [4.78, 5) is 2.44. The number of hydrogen-bond acceptors (Lipinski definition) is 1. The average molecular weight is 906 g/mol. The maximum atomic E-state index is 2.60. The van der Waals surface area contributed by atoms with Gasteiger partial charge in [-0.05, 0) is 137 Å². The number of anilines is 3. The van der Waals surface area contributed by atoms with Gasteiger partial charge in [-0.1, -0.05) is 250 Å². The Kier molecular flexibility index (Phi) is 10.1. The lowest BCUT2D eigenvalue weighted by Gasteiger charge is -2.36. The summed E-state index contributed by atoms with van der Waals surface area (Å²) in [6, 6.07) is 101. The van der Waals surface area contributed by atoms with Gasteiger partial charge in [-0.15, -0.1) is 0 Å². The first-order valence-electron chi connectivity index (χ1n) is 24.8. The zero-order valence-corrected chi connectivity index (χ0v) is 39.9. The Balaban J connectivity index is 1.05. The van der Waals surface area contributed by atoms with Crippen LogP contribution >= 0.6 is 0 Å². The number of hydrogen-bond donors (Lipinski definition) is 0. The zero-order valence-electron chi connectivity index (χ0n) is 39.9. The van der Waals surface area contributed by atoms with Gasteiger partial charge in [-0.3, -0.25) is 0 Å². The average Bonchev–Trinajstić information content (AvgIpc) is 3.87. The van der Waals surface area contributed by atoms with Crippen molar-refractivity contribution in [3.05, 3.63) is 306 Å². The molecule has 11 aromatic carbocycles. The van der Waals surface area contributed by atoms with E-state index in [1.54, 1.807) is 0 Å². The number of fused-ring (bicyclic) bond motifs is 6. The highest BCUT2D eigenvalue weighted by Crippen LogP contribution is 2.64. The monoisotopic (exact) mass is 905 g/mol. The lowest BCUT2D eigenvalue weighted by atomic mass is 9.66. The van der Waals surface area contributed by atoms with Crippen LogP contribution in [0.4, 0.5) is 17.1 Å². The van der Waals surface area contributed by atoms with Gasteiger partial charge >= 0.3 is 0 Å². The van der Waals surface area contributed by atoms with E-state index >= 15 is 0 Å². The van der Waals surface area contributed by atoms with Crippen molar-refractivity contribution in [2.24, 2.45) is 0 Å². The van der Waals surface area contributed by atoms with E-state index in [0.717, 1.165) is 17.1 Å². The Morgan fingerprint density at radius 3 is 1.11 bits per heavy atom. The molecule has 336 valence electrons. The molecule has 0 saturated heterocycles. The molecular weight excluding hydrogens is 855 g/mol. The molecule has 0 aliphatic heterocycles. The zero-order chi connectivity index (χ0) is 47.5. The van der Waals surface area contributed by atoms with E-state index < -0.39 is 5.41 Å². The van der Waals surface area contributed by atoms with E-state index in [1.807, 2.05) is 0 Å². The smallest absolute Gasteiger partial charge is 0.0714 e. The van der Waals surface area contributed by atoms with Gasteiger partial charge in [0, 0.05) is 22.5 Å². The van der Waals surface area contributed by atoms with Crippen molar-refractivity contribution in [1.82, 2.24) is 0 Å². The second-order valence-corrected chi connectivity index (χ2v) is 19.6. The van der Waals surface area contributed by atoms with Crippen molar-refractivity contribution in [3.8, 4) is 66.8 Å². The van der Waals surface area contributed by atoms with Gasteiger partial charge in [0.05, 0.1) is 5.41 Å². The Hall–Kier alpha value is -8.78. The van der Waals surface area contributed by atoms with Crippen LogP contribution in [0.5, 0.6) is 0 Å². The van der Waals surface area contributed by atoms with E-state index in [1.165, 1.54) is 100 Å². The Bertz CT molecular complexity index is 3670. The van der Waals surface area contributed by atoms with E-state index in [2.05, 4.69) is 292 Å². The van der Waals surface area contributed by atoms with Gasteiger partial charge < -0.3 is 4.90 Å². The third kappa shape index (κ3) is 6.84. The molecule has 0 saturated carbocycles.